The Hall–Kier alpha value is -3.66. The van der Waals surface area contributed by atoms with Gasteiger partial charge in [0.05, 0.1) is 23.7 Å². The highest BCUT2D eigenvalue weighted by Gasteiger charge is 2.35. The lowest BCUT2D eigenvalue weighted by Gasteiger charge is -2.40. The molecule has 4 heterocycles. The monoisotopic (exact) mass is 728 g/mol. The van der Waals surface area contributed by atoms with Crippen LogP contribution in [0.3, 0.4) is 0 Å². The fourth-order valence-corrected chi connectivity index (χ4v) is 9.08. The fraction of sp³-hybridized carbons (Fsp3) is 0.444. The van der Waals surface area contributed by atoms with Crippen molar-refractivity contribution >= 4 is 31.4 Å². The SMILES string of the molecule is C[C@H]1CN(S(=O)(=O)c2ccco2)CCN1c1ccc(C(C)(C)O)cc1.C[C@H]1CN(S(=O)(=O)c2ccco2)CCN1c1ccc(C(C)(C)O)cc1. The van der Waals surface area contributed by atoms with Crippen molar-refractivity contribution in [2.75, 3.05) is 49.1 Å². The second-order valence-electron chi connectivity index (χ2n) is 13.9. The number of furan rings is 2. The molecule has 2 aliphatic rings. The van der Waals surface area contributed by atoms with E-state index in [4.69, 9.17) is 8.83 Å². The fourth-order valence-electron chi connectivity index (χ4n) is 6.25. The molecule has 272 valence electrons. The van der Waals surface area contributed by atoms with E-state index in [0.717, 1.165) is 22.5 Å². The van der Waals surface area contributed by atoms with Gasteiger partial charge in [-0.25, -0.2) is 16.8 Å². The Morgan fingerprint density at radius 3 is 1.18 bits per heavy atom. The lowest BCUT2D eigenvalue weighted by molar-refractivity contribution is 0.0780. The molecule has 2 aliphatic heterocycles. The van der Waals surface area contributed by atoms with Crippen LogP contribution in [0.5, 0.6) is 0 Å². The lowest BCUT2D eigenvalue weighted by Crippen LogP contribution is -2.53. The summed E-state index contributed by atoms with van der Waals surface area (Å²) in [5.74, 6) is 0. The number of sulfonamides is 2. The number of nitrogens with zero attached hydrogens (tertiary/aromatic N) is 4. The third kappa shape index (κ3) is 8.27. The molecular weight excluding hydrogens is 681 g/mol. The zero-order chi connectivity index (χ0) is 36.5. The number of hydrogen-bond acceptors (Lipinski definition) is 10. The molecule has 50 heavy (non-hydrogen) atoms. The Morgan fingerprint density at radius 1 is 0.580 bits per heavy atom. The molecule has 0 aliphatic carbocycles. The van der Waals surface area contributed by atoms with Gasteiger partial charge in [-0.1, -0.05) is 24.3 Å². The van der Waals surface area contributed by atoms with Crippen LogP contribution < -0.4 is 9.80 Å². The molecule has 0 radical (unpaired) electrons. The first-order valence-electron chi connectivity index (χ1n) is 16.7. The van der Waals surface area contributed by atoms with Crippen molar-refractivity contribution in [3.05, 3.63) is 96.4 Å². The Balaban J connectivity index is 0.000000194. The van der Waals surface area contributed by atoms with E-state index in [9.17, 15) is 27.0 Å². The van der Waals surface area contributed by atoms with Crippen LogP contribution in [0.25, 0.3) is 0 Å². The highest BCUT2D eigenvalue weighted by Crippen LogP contribution is 2.29. The van der Waals surface area contributed by atoms with Crippen molar-refractivity contribution in [1.29, 1.82) is 0 Å². The average molecular weight is 729 g/mol. The van der Waals surface area contributed by atoms with Crippen LogP contribution in [-0.4, -0.2) is 87.0 Å². The molecule has 2 aromatic carbocycles. The number of hydrogen-bond donors (Lipinski definition) is 2. The smallest absolute Gasteiger partial charge is 0.276 e. The second-order valence-corrected chi connectivity index (χ2v) is 17.6. The van der Waals surface area contributed by atoms with E-state index in [2.05, 4.69) is 9.80 Å². The van der Waals surface area contributed by atoms with E-state index in [1.165, 1.54) is 33.3 Å². The molecule has 6 rings (SSSR count). The van der Waals surface area contributed by atoms with Gasteiger partial charge in [0, 0.05) is 62.7 Å². The molecule has 2 fully saturated rings. The molecule has 0 spiro atoms. The zero-order valence-electron chi connectivity index (χ0n) is 29.4. The molecular formula is C36H48N4O8S2. The quantitative estimate of drug-likeness (QED) is 0.259. The van der Waals surface area contributed by atoms with Gasteiger partial charge in [0.1, 0.15) is 0 Å². The third-order valence-corrected chi connectivity index (χ3v) is 12.7. The topological polar surface area (TPSA) is 148 Å². The van der Waals surface area contributed by atoms with E-state index in [-0.39, 0.29) is 22.3 Å². The van der Waals surface area contributed by atoms with E-state index in [0.29, 0.717) is 39.3 Å². The largest absolute Gasteiger partial charge is 0.452 e. The molecule has 0 saturated carbocycles. The van der Waals surface area contributed by atoms with Crippen molar-refractivity contribution < 1.29 is 35.9 Å². The molecule has 0 unspecified atom stereocenters. The van der Waals surface area contributed by atoms with Gasteiger partial charge >= 0.3 is 0 Å². The van der Waals surface area contributed by atoms with Gasteiger partial charge < -0.3 is 28.8 Å². The van der Waals surface area contributed by atoms with Crippen LogP contribution in [0.1, 0.15) is 52.7 Å². The maximum absolute atomic E-state index is 12.6. The van der Waals surface area contributed by atoms with E-state index in [1.807, 2.05) is 62.4 Å². The minimum atomic E-state index is -3.58. The van der Waals surface area contributed by atoms with Crippen molar-refractivity contribution in [1.82, 2.24) is 8.61 Å². The maximum atomic E-state index is 12.6. The molecule has 4 aromatic rings. The predicted molar refractivity (Wildman–Crippen MR) is 192 cm³/mol. The highest BCUT2D eigenvalue weighted by molar-refractivity contribution is 7.89. The summed E-state index contributed by atoms with van der Waals surface area (Å²) >= 11 is 0. The first-order chi connectivity index (χ1) is 23.4. The molecule has 14 heteroatoms. The Bertz CT molecular complexity index is 1760. The second kappa shape index (κ2) is 14.5. The van der Waals surface area contributed by atoms with Gasteiger partial charge in [-0.05, 0) is 101 Å². The summed E-state index contributed by atoms with van der Waals surface area (Å²) in [5, 5.41) is 20.1. The lowest BCUT2D eigenvalue weighted by atomic mass is 9.98. The molecule has 2 atom stereocenters. The molecule has 2 saturated heterocycles. The minimum absolute atomic E-state index is 0.0114. The van der Waals surface area contributed by atoms with Crippen LogP contribution in [0, 0.1) is 0 Å². The Kier molecular flexibility index (Phi) is 10.9. The number of aliphatic hydroxyl groups is 2. The zero-order valence-corrected chi connectivity index (χ0v) is 31.1. The summed E-state index contributed by atoms with van der Waals surface area (Å²) < 4.78 is 63.4. The summed E-state index contributed by atoms with van der Waals surface area (Å²) in [5.41, 5.74) is 2.00. The molecule has 2 aromatic heterocycles. The molecule has 0 amide bonds. The minimum Gasteiger partial charge on any atom is -0.452 e. The van der Waals surface area contributed by atoms with Crippen molar-refractivity contribution in [3.8, 4) is 0 Å². The third-order valence-electron chi connectivity index (χ3n) is 9.17. The van der Waals surface area contributed by atoms with Gasteiger partial charge in [0.2, 0.25) is 10.2 Å². The molecule has 2 N–H and O–H groups in total. The van der Waals surface area contributed by atoms with Crippen LogP contribution in [0.4, 0.5) is 11.4 Å². The predicted octanol–water partition coefficient (Wildman–Crippen LogP) is 4.81. The van der Waals surface area contributed by atoms with Gasteiger partial charge in [-0.3, -0.25) is 0 Å². The first kappa shape index (κ1) is 37.6. The van der Waals surface area contributed by atoms with Gasteiger partial charge in [0.15, 0.2) is 0 Å². The number of rotatable bonds is 8. The summed E-state index contributed by atoms with van der Waals surface area (Å²) in [6, 6.07) is 21.7. The summed E-state index contributed by atoms with van der Waals surface area (Å²) in [4.78, 5) is 4.37. The highest BCUT2D eigenvalue weighted by atomic mass is 32.2. The van der Waals surface area contributed by atoms with Crippen LogP contribution >= 0.6 is 0 Å². The number of benzene rings is 2. The molecule has 0 bridgehead atoms. The first-order valence-corrected chi connectivity index (χ1v) is 19.5. The van der Waals surface area contributed by atoms with Crippen molar-refractivity contribution in [2.24, 2.45) is 0 Å². The standard InChI is InChI=1S/2C18H24N2O4S/c2*1-14-13-19(25(22,23)17-5-4-12-24-17)10-11-20(14)16-8-6-15(7-9-16)18(2,3)21/h2*4-9,12,14,21H,10-11,13H2,1-3H3/t2*14-/m00/s1. The Morgan fingerprint density at radius 2 is 0.920 bits per heavy atom. The number of anilines is 2. The summed E-state index contributed by atoms with van der Waals surface area (Å²) in [6.07, 6.45) is 2.74. The normalized spacial score (nSPS) is 20.0. The van der Waals surface area contributed by atoms with E-state index in [1.54, 1.807) is 39.8 Å². The molecule has 12 nitrogen and oxygen atoms in total. The summed E-state index contributed by atoms with van der Waals surface area (Å²) in [6.45, 7) is 13.8. The van der Waals surface area contributed by atoms with Crippen molar-refractivity contribution in [3.63, 3.8) is 0 Å². The van der Waals surface area contributed by atoms with Gasteiger partial charge in [-0.2, -0.15) is 8.61 Å². The summed E-state index contributed by atoms with van der Waals surface area (Å²) in [7, 11) is -7.15. The average Bonchev–Trinajstić information content (AvgIpc) is 3.81. The Labute approximate surface area is 295 Å². The van der Waals surface area contributed by atoms with Gasteiger partial charge in [-0.15, -0.1) is 0 Å². The van der Waals surface area contributed by atoms with Crippen LogP contribution in [0.15, 0.2) is 104 Å². The number of piperazine rings is 2. The van der Waals surface area contributed by atoms with Crippen LogP contribution in [-0.2, 0) is 31.2 Å². The van der Waals surface area contributed by atoms with Crippen molar-refractivity contribution in [2.45, 2.75) is 75.0 Å². The maximum Gasteiger partial charge on any atom is 0.276 e. The van der Waals surface area contributed by atoms with E-state index >= 15 is 0 Å². The van der Waals surface area contributed by atoms with Crippen LogP contribution in [0.2, 0.25) is 0 Å². The van der Waals surface area contributed by atoms with Gasteiger partial charge in [0.25, 0.3) is 20.0 Å². The van der Waals surface area contributed by atoms with E-state index < -0.39 is 31.2 Å².